The van der Waals surface area contributed by atoms with Crippen molar-refractivity contribution in [2.24, 2.45) is 5.92 Å². The fourth-order valence-corrected chi connectivity index (χ4v) is 3.07. The van der Waals surface area contributed by atoms with E-state index in [9.17, 15) is 9.59 Å². The minimum absolute atomic E-state index is 0.0471. The van der Waals surface area contributed by atoms with Crippen molar-refractivity contribution in [2.75, 3.05) is 6.54 Å². The molecule has 1 saturated heterocycles. The SMILES string of the molecule is CC(C)C1=C2C(CCN2C(=O)OCc2ccccc2)NC1=O. The second-order valence-electron chi connectivity index (χ2n) is 5.96. The van der Waals surface area contributed by atoms with Crippen LogP contribution in [0.5, 0.6) is 0 Å². The maximum atomic E-state index is 12.4. The number of nitrogens with one attached hydrogen (secondary N) is 1. The average molecular weight is 300 g/mol. The molecule has 1 fully saturated rings. The Morgan fingerprint density at radius 3 is 2.77 bits per heavy atom. The van der Waals surface area contributed by atoms with E-state index in [1.165, 1.54) is 0 Å². The highest BCUT2D eigenvalue weighted by molar-refractivity contribution is 5.99. The molecule has 1 aromatic carbocycles. The van der Waals surface area contributed by atoms with Crippen LogP contribution in [0.25, 0.3) is 0 Å². The average Bonchev–Trinajstić information content (AvgIpc) is 3.03. The van der Waals surface area contributed by atoms with Gasteiger partial charge in [0.1, 0.15) is 6.61 Å². The van der Waals surface area contributed by atoms with Crippen LogP contribution in [0, 0.1) is 5.92 Å². The molecule has 0 aromatic heterocycles. The Labute approximate surface area is 129 Å². The van der Waals surface area contributed by atoms with Crippen molar-refractivity contribution in [3.8, 4) is 0 Å². The molecule has 2 aliphatic heterocycles. The van der Waals surface area contributed by atoms with Gasteiger partial charge in [0, 0.05) is 12.1 Å². The largest absolute Gasteiger partial charge is 0.444 e. The second-order valence-corrected chi connectivity index (χ2v) is 5.96. The Kier molecular flexibility index (Phi) is 3.88. The summed E-state index contributed by atoms with van der Waals surface area (Å²) in [6.07, 6.45) is 0.369. The Morgan fingerprint density at radius 1 is 1.36 bits per heavy atom. The molecule has 0 spiro atoms. The first-order valence-electron chi connectivity index (χ1n) is 7.61. The summed E-state index contributed by atoms with van der Waals surface area (Å²) >= 11 is 0. The zero-order chi connectivity index (χ0) is 15.7. The molecule has 1 unspecified atom stereocenters. The van der Waals surface area contributed by atoms with Gasteiger partial charge in [-0.3, -0.25) is 9.69 Å². The van der Waals surface area contributed by atoms with Crippen molar-refractivity contribution < 1.29 is 14.3 Å². The highest BCUT2D eigenvalue weighted by Crippen LogP contribution is 2.33. The van der Waals surface area contributed by atoms with E-state index in [0.29, 0.717) is 12.1 Å². The van der Waals surface area contributed by atoms with E-state index in [2.05, 4.69) is 5.32 Å². The quantitative estimate of drug-likeness (QED) is 0.932. The molecule has 116 valence electrons. The molecule has 1 aromatic rings. The molecule has 5 nitrogen and oxygen atoms in total. The maximum Gasteiger partial charge on any atom is 0.414 e. The molecule has 2 amide bonds. The van der Waals surface area contributed by atoms with Crippen LogP contribution in [0.2, 0.25) is 0 Å². The van der Waals surface area contributed by atoms with Crippen molar-refractivity contribution in [3.05, 3.63) is 47.2 Å². The molecule has 5 heteroatoms. The van der Waals surface area contributed by atoms with Gasteiger partial charge in [0.15, 0.2) is 0 Å². The molecular weight excluding hydrogens is 280 g/mol. The first-order valence-corrected chi connectivity index (χ1v) is 7.61. The molecule has 0 bridgehead atoms. The molecule has 1 atom stereocenters. The third-order valence-electron chi connectivity index (χ3n) is 4.09. The van der Waals surface area contributed by atoms with E-state index >= 15 is 0 Å². The lowest BCUT2D eigenvalue weighted by molar-refractivity contribution is -0.117. The summed E-state index contributed by atoms with van der Waals surface area (Å²) in [5.41, 5.74) is 2.46. The zero-order valence-corrected chi connectivity index (χ0v) is 12.8. The van der Waals surface area contributed by atoms with Gasteiger partial charge in [-0.1, -0.05) is 44.2 Å². The van der Waals surface area contributed by atoms with Gasteiger partial charge < -0.3 is 10.1 Å². The molecular formula is C17H20N2O3. The van der Waals surface area contributed by atoms with E-state index < -0.39 is 0 Å². The smallest absolute Gasteiger partial charge is 0.414 e. The summed E-state index contributed by atoms with van der Waals surface area (Å²) in [7, 11) is 0. The Morgan fingerprint density at radius 2 is 2.09 bits per heavy atom. The van der Waals surface area contributed by atoms with Crippen molar-refractivity contribution in [3.63, 3.8) is 0 Å². The molecule has 0 saturated carbocycles. The topological polar surface area (TPSA) is 58.6 Å². The molecule has 2 heterocycles. The molecule has 1 N–H and O–H groups in total. The van der Waals surface area contributed by atoms with Gasteiger partial charge in [-0.25, -0.2) is 4.79 Å². The van der Waals surface area contributed by atoms with Gasteiger partial charge in [-0.15, -0.1) is 0 Å². The van der Waals surface area contributed by atoms with Crippen molar-refractivity contribution in [1.29, 1.82) is 0 Å². The lowest BCUT2D eigenvalue weighted by Crippen LogP contribution is -2.29. The van der Waals surface area contributed by atoms with Crippen LogP contribution < -0.4 is 5.32 Å². The highest BCUT2D eigenvalue weighted by Gasteiger charge is 2.43. The first-order chi connectivity index (χ1) is 10.6. The van der Waals surface area contributed by atoms with E-state index in [1.807, 2.05) is 44.2 Å². The van der Waals surface area contributed by atoms with Gasteiger partial charge in [-0.2, -0.15) is 0 Å². The number of hydrogen-bond acceptors (Lipinski definition) is 3. The number of likely N-dealkylation sites (tertiary alicyclic amines) is 1. The van der Waals surface area contributed by atoms with E-state index in [4.69, 9.17) is 4.74 Å². The van der Waals surface area contributed by atoms with Gasteiger partial charge >= 0.3 is 6.09 Å². The zero-order valence-electron chi connectivity index (χ0n) is 12.8. The number of hydrogen-bond donors (Lipinski definition) is 1. The number of ether oxygens (including phenoxy) is 1. The summed E-state index contributed by atoms with van der Waals surface area (Å²) < 4.78 is 5.40. The number of benzene rings is 1. The number of nitrogens with zero attached hydrogens (tertiary/aromatic N) is 1. The van der Waals surface area contributed by atoms with Crippen LogP contribution in [0.4, 0.5) is 4.79 Å². The predicted molar refractivity (Wildman–Crippen MR) is 81.7 cm³/mol. The standard InChI is InChI=1S/C17H20N2O3/c1-11(2)14-15-13(18-16(14)20)8-9-19(15)17(21)22-10-12-6-4-3-5-7-12/h3-7,11,13H,8-10H2,1-2H3,(H,18,20). The first kappa shape index (κ1) is 14.6. The van der Waals surface area contributed by atoms with Gasteiger partial charge in [-0.05, 0) is 17.9 Å². The lowest BCUT2D eigenvalue weighted by atomic mass is 10.0. The fraction of sp³-hybridized carbons (Fsp3) is 0.412. The molecule has 3 rings (SSSR count). The van der Waals surface area contributed by atoms with Crippen LogP contribution in [0.15, 0.2) is 41.6 Å². The number of fused-ring (bicyclic) bond motifs is 1. The Hall–Kier alpha value is -2.30. The van der Waals surface area contributed by atoms with Crippen LogP contribution >= 0.6 is 0 Å². The molecule has 22 heavy (non-hydrogen) atoms. The summed E-state index contributed by atoms with van der Waals surface area (Å²) in [4.78, 5) is 26.0. The number of rotatable bonds is 3. The molecule has 2 aliphatic rings. The molecule has 0 radical (unpaired) electrons. The third-order valence-corrected chi connectivity index (χ3v) is 4.09. The van der Waals surface area contributed by atoms with E-state index in [0.717, 1.165) is 17.7 Å². The van der Waals surface area contributed by atoms with Crippen LogP contribution in [0.1, 0.15) is 25.8 Å². The summed E-state index contributed by atoms with van der Waals surface area (Å²) in [5.74, 6) is 0.0260. The maximum absolute atomic E-state index is 12.4. The minimum Gasteiger partial charge on any atom is -0.444 e. The van der Waals surface area contributed by atoms with Gasteiger partial charge in [0.25, 0.3) is 0 Å². The van der Waals surface area contributed by atoms with Crippen molar-refractivity contribution in [1.82, 2.24) is 10.2 Å². The summed E-state index contributed by atoms with van der Waals surface area (Å²) in [6, 6.07) is 9.53. The Balaban J connectivity index is 1.74. The number of carbonyl (C=O) groups is 2. The monoisotopic (exact) mass is 300 g/mol. The number of carbonyl (C=O) groups excluding carboxylic acids is 2. The van der Waals surface area contributed by atoms with Crippen LogP contribution in [-0.4, -0.2) is 29.5 Å². The van der Waals surface area contributed by atoms with E-state index in [1.54, 1.807) is 4.90 Å². The van der Waals surface area contributed by atoms with E-state index in [-0.39, 0.29) is 30.6 Å². The fourth-order valence-electron chi connectivity index (χ4n) is 3.07. The van der Waals surface area contributed by atoms with Crippen molar-refractivity contribution >= 4 is 12.0 Å². The van der Waals surface area contributed by atoms with Crippen LogP contribution in [-0.2, 0) is 16.1 Å². The summed E-state index contributed by atoms with van der Waals surface area (Å²) in [5, 5.41) is 2.94. The van der Waals surface area contributed by atoms with Crippen LogP contribution in [0.3, 0.4) is 0 Å². The van der Waals surface area contributed by atoms with Gasteiger partial charge in [0.2, 0.25) is 5.91 Å². The third kappa shape index (κ3) is 2.58. The minimum atomic E-state index is -0.379. The number of amides is 2. The summed E-state index contributed by atoms with van der Waals surface area (Å²) in [6.45, 7) is 4.77. The van der Waals surface area contributed by atoms with Gasteiger partial charge in [0.05, 0.1) is 11.7 Å². The normalized spacial score (nSPS) is 20.4. The second kappa shape index (κ2) is 5.83. The predicted octanol–water partition coefficient (Wildman–Crippen LogP) is 2.44. The highest BCUT2D eigenvalue weighted by atomic mass is 16.6. The lowest BCUT2D eigenvalue weighted by Gasteiger charge is -2.19. The Bertz CT molecular complexity index is 622. The van der Waals surface area contributed by atoms with Crippen molar-refractivity contribution in [2.45, 2.75) is 32.9 Å². The molecule has 0 aliphatic carbocycles.